The van der Waals surface area contributed by atoms with Crippen molar-refractivity contribution in [2.24, 2.45) is 0 Å². The van der Waals surface area contributed by atoms with Gasteiger partial charge in [0.1, 0.15) is 5.69 Å². The highest BCUT2D eigenvalue weighted by Crippen LogP contribution is 2.43. The third-order valence-electron chi connectivity index (χ3n) is 5.23. The second kappa shape index (κ2) is 7.86. The van der Waals surface area contributed by atoms with E-state index < -0.39 is 11.7 Å². The molecule has 1 aliphatic carbocycles. The van der Waals surface area contributed by atoms with Crippen LogP contribution in [0.1, 0.15) is 40.4 Å². The summed E-state index contributed by atoms with van der Waals surface area (Å²) in [6, 6.07) is 12.2. The molecule has 162 valence electrons. The summed E-state index contributed by atoms with van der Waals surface area (Å²) < 4.78 is 44.7. The molecule has 32 heavy (non-hydrogen) atoms. The van der Waals surface area contributed by atoms with Gasteiger partial charge in [0.25, 0.3) is 5.91 Å². The Balaban J connectivity index is 1.42. The maximum atomic E-state index is 13.1. The summed E-state index contributed by atoms with van der Waals surface area (Å²) in [6.07, 6.45) is -1.31. The number of nitrogens with zero attached hydrogens (tertiary/aromatic N) is 4. The average Bonchev–Trinajstić information content (AvgIpc) is 3.28. The molecule has 0 spiro atoms. The van der Waals surface area contributed by atoms with Gasteiger partial charge in [-0.2, -0.15) is 18.3 Å². The van der Waals surface area contributed by atoms with E-state index in [1.807, 2.05) is 17.5 Å². The van der Waals surface area contributed by atoms with E-state index in [1.165, 1.54) is 28.5 Å². The van der Waals surface area contributed by atoms with Gasteiger partial charge in [-0.3, -0.25) is 4.79 Å². The number of alkyl halides is 3. The minimum atomic E-state index is -4.45. The standard InChI is InChI=1S/C22H16F3N5OS/c23-22(24,25)15-2-1-3-17(10-15)30-20(14-4-5-14)18(11-26-30)21(31)27-16-8-6-13(7-9-16)19-12-32-29-28-19/h1-3,6-12,14H,4-5H2,(H,27,31). The zero-order valence-corrected chi connectivity index (χ0v) is 17.3. The lowest BCUT2D eigenvalue weighted by atomic mass is 10.1. The molecule has 1 N–H and O–H groups in total. The zero-order chi connectivity index (χ0) is 22.3. The van der Waals surface area contributed by atoms with Crippen molar-refractivity contribution in [2.75, 3.05) is 5.32 Å². The van der Waals surface area contributed by atoms with Crippen LogP contribution in [0.4, 0.5) is 18.9 Å². The Morgan fingerprint density at radius 1 is 1.12 bits per heavy atom. The molecule has 2 aromatic heterocycles. The predicted molar refractivity (Wildman–Crippen MR) is 114 cm³/mol. The van der Waals surface area contributed by atoms with Gasteiger partial charge in [-0.15, -0.1) is 5.10 Å². The summed E-state index contributed by atoms with van der Waals surface area (Å²) in [6.45, 7) is 0. The van der Waals surface area contributed by atoms with Crippen LogP contribution in [-0.4, -0.2) is 25.3 Å². The van der Waals surface area contributed by atoms with Crippen LogP contribution in [0, 0.1) is 0 Å². The van der Waals surface area contributed by atoms with Gasteiger partial charge in [0.15, 0.2) is 0 Å². The Morgan fingerprint density at radius 2 is 1.91 bits per heavy atom. The van der Waals surface area contributed by atoms with Crippen LogP contribution in [-0.2, 0) is 6.18 Å². The van der Waals surface area contributed by atoms with E-state index in [0.717, 1.165) is 36.2 Å². The van der Waals surface area contributed by atoms with Crippen molar-refractivity contribution in [3.63, 3.8) is 0 Å². The van der Waals surface area contributed by atoms with Crippen LogP contribution < -0.4 is 5.32 Å². The first kappa shape index (κ1) is 20.4. The molecule has 1 amide bonds. The lowest BCUT2D eigenvalue weighted by Gasteiger charge is -2.12. The fourth-order valence-corrected chi connectivity index (χ4v) is 3.98. The second-order valence-electron chi connectivity index (χ2n) is 7.50. The predicted octanol–water partition coefficient (Wildman–Crippen LogP) is 5.54. The van der Waals surface area contributed by atoms with Crippen LogP contribution in [0.5, 0.6) is 0 Å². The number of carbonyl (C=O) groups excluding carboxylic acids is 1. The Bertz CT molecular complexity index is 1260. The molecule has 2 heterocycles. The maximum Gasteiger partial charge on any atom is 0.416 e. The lowest BCUT2D eigenvalue weighted by Crippen LogP contribution is -2.14. The van der Waals surface area contributed by atoms with Gasteiger partial charge in [0, 0.05) is 22.5 Å². The molecular weight excluding hydrogens is 439 g/mol. The number of aromatic nitrogens is 4. The van der Waals surface area contributed by atoms with Crippen LogP contribution in [0.25, 0.3) is 16.9 Å². The van der Waals surface area contributed by atoms with Gasteiger partial charge in [-0.05, 0) is 54.7 Å². The van der Waals surface area contributed by atoms with Gasteiger partial charge < -0.3 is 5.32 Å². The molecule has 1 saturated carbocycles. The highest BCUT2D eigenvalue weighted by Gasteiger charge is 2.34. The van der Waals surface area contributed by atoms with Crippen molar-refractivity contribution in [1.82, 2.24) is 19.4 Å². The van der Waals surface area contributed by atoms with Crippen molar-refractivity contribution < 1.29 is 18.0 Å². The Labute approximate surface area is 184 Å². The van der Waals surface area contributed by atoms with E-state index in [9.17, 15) is 18.0 Å². The number of amides is 1. The van der Waals surface area contributed by atoms with Gasteiger partial charge in [0.05, 0.1) is 28.7 Å². The summed E-state index contributed by atoms with van der Waals surface area (Å²) in [5.74, 6) is -0.263. The van der Waals surface area contributed by atoms with E-state index in [1.54, 1.807) is 18.2 Å². The summed E-state index contributed by atoms with van der Waals surface area (Å²) >= 11 is 1.26. The van der Waals surface area contributed by atoms with E-state index in [2.05, 4.69) is 20.0 Å². The summed E-state index contributed by atoms with van der Waals surface area (Å²) in [4.78, 5) is 13.0. The Kier molecular flexibility index (Phi) is 5.01. The normalized spacial score (nSPS) is 13.8. The largest absolute Gasteiger partial charge is 0.416 e. The first-order chi connectivity index (χ1) is 15.4. The highest BCUT2D eigenvalue weighted by atomic mass is 32.1. The monoisotopic (exact) mass is 455 g/mol. The van der Waals surface area contributed by atoms with Crippen LogP contribution in [0.15, 0.2) is 60.1 Å². The van der Waals surface area contributed by atoms with Gasteiger partial charge in [-0.1, -0.05) is 22.7 Å². The lowest BCUT2D eigenvalue weighted by molar-refractivity contribution is -0.137. The summed E-state index contributed by atoms with van der Waals surface area (Å²) in [5, 5.41) is 13.0. The maximum absolute atomic E-state index is 13.1. The molecule has 2 aromatic carbocycles. The van der Waals surface area contributed by atoms with Gasteiger partial charge in [0.2, 0.25) is 0 Å². The second-order valence-corrected chi connectivity index (χ2v) is 8.11. The van der Waals surface area contributed by atoms with Gasteiger partial charge >= 0.3 is 6.18 Å². The molecule has 6 nitrogen and oxygen atoms in total. The zero-order valence-electron chi connectivity index (χ0n) is 16.5. The molecule has 0 bridgehead atoms. The van der Waals surface area contributed by atoms with Crippen molar-refractivity contribution in [3.8, 4) is 16.9 Å². The molecule has 1 aliphatic rings. The molecule has 4 aromatic rings. The number of hydrogen-bond acceptors (Lipinski definition) is 5. The molecule has 0 aliphatic heterocycles. The number of benzene rings is 2. The molecule has 0 unspecified atom stereocenters. The van der Waals surface area contributed by atoms with Crippen LogP contribution >= 0.6 is 11.5 Å². The van der Waals surface area contributed by atoms with E-state index in [-0.39, 0.29) is 17.5 Å². The molecule has 10 heteroatoms. The topological polar surface area (TPSA) is 72.7 Å². The molecular formula is C22H16F3N5OS. The minimum absolute atomic E-state index is 0.0901. The third-order valence-corrected chi connectivity index (χ3v) is 5.74. The number of rotatable bonds is 5. The van der Waals surface area contributed by atoms with Crippen molar-refractivity contribution >= 4 is 23.1 Å². The fraction of sp³-hybridized carbons (Fsp3) is 0.182. The first-order valence-corrected chi connectivity index (χ1v) is 10.7. The minimum Gasteiger partial charge on any atom is -0.322 e. The van der Waals surface area contributed by atoms with Gasteiger partial charge in [-0.25, -0.2) is 4.68 Å². The van der Waals surface area contributed by atoms with Crippen molar-refractivity contribution in [2.45, 2.75) is 24.9 Å². The SMILES string of the molecule is O=C(Nc1ccc(-c2csnn2)cc1)c1cnn(-c2cccc(C(F)(F)F)c2)c1C1CC1. The molecule has 1 fully saturated rings. The number of nitrogens with one attached hydrogen (secondary N) is 1. The molecule has 5 rings (SSSR count). The van der Waals surface area contributed by atoms with Crippen molar-refractivity contribution in [3.05, 3.63) is 76.9 Å². The van der Waals surface area contributed by atoms with E-state index >= 15 is 0 Å². The molecule has 0 radical (unpaired) electrons. The quantitative estimate of drug-likeness (QED) is 0.429. The smallest absolute Gasteiger partial charge is 0.322 e. The molecule has 0 atom stereocenters. The number of hydrogen-bond donors (Lipinski definition) is 1. The highest BCUT2D eigenvalue weighted by molar-refractivity contribution is 7.03. The number of anilines is 1. The average molecular weight is 455 g/mol. The third kappa shape index (κ3) is 4.01. The fourth-order valence-electron chi connectivity index (χ4n) is 3.52. The summed E-state index contributed by atoms with van der Waals surface area (Å²) in [5.41, 5.74) is 2.75. The summed E-state index contributed by atoms with van der Waals surface area (Å²) in [7, 11) is 0. The molecule has 0 saturated heterocycles. The number of carbonyl (C=O) groups is 1. The van der Waals surface area contributed by atoms with Crippen LogP contribution in [0.3, 0.4) is 0 Å². The first-order valence-electron chi connectivity index (χ1n) is 9.84. The Morgan fingerprint density at radius 3 is 2.56 bits per heavy atom. The van der Waals surface area contributed by atoms with E-state index in [0.29, 0.717) is 16.9 Å². The van der Waals surface area contributed by atoms with Crippen molar-refractivity contribution in [1.29, 1.82) is 0 Å². The van der Waals surface area contributed by atoms with E-state index in [4.69, 9.17) is 0 Å². The number of halogens is 3. The Hall–Kier alpha value is -3.53. The van der Waals surface area contributed by atoms with Crippen LogP contribution in [0.2, 0.25) is 0 Å².